The molecule has 0 aliphatic carbocycles. The maximum Gasteiger partial charge on any atom is 0.312 e. The van der Waals surface area contributed by atoms with Gasteiger partial charge < -0.3 is 19.3 Å². The normalized spacial score (nSPS) is 15.9. The SMILES string of the molecule is CCOC(=O)C1(CCOc2ccccc2)CCN(Cc2ccc(OCCO)cc2)CC1. The van der Waals surface area contributed by atoms with Crippen molar-refractivity contribution in [3.63, 3.8) is 0 Å². The summed E-state index contributed by atoms with van der Waals surface area (Å²) in [4.78, 5) is 15.2. The lowest BCUT2D eigenvalue weighted by atomic mass is 9.75. The van der Waals surface area contributed by atoms with Gasteiger partial charge in [0.05, 0.1) is 25.2 Å². The first kappa shape index (κ1) is 23.1. The molecule has 1 N–H and O–H groups in total. The highest BCUT2D eigenvalue weighted by atomic mass is 16.5. The number of carbonyl (C=O) groups is 1. The van der Waals surface area contributed by atoms with Gasteiger partial charge in [0, 0.05) is 6.54 Å². The first-order valence-corrected chi connectivity index (χ1v) is 11.1. The number of carbonyl (C=O) groups excluding carboxylic acids is 1. The number of benzene rings is 2. The molecule has 0 amide bonds. The number of aliphatic hydroxyl groups excluding tert-OH is 1. The summed E-state index contributed by atoms with van der Waals surface area (Å²) in [7, 11) is 0. The number of esters is 1. The zero-order valence-electron chi connectivity index (χ0n) is 18.3. The molecule has 6 heteroatoms. The van der Waals surface area contributed by atoms with Crippen LogP contribution < -0.4 is 9.47 Å². The highest BCUT2D eigenvalue weighted by Crippen LogP contribution is 2.37. The van der Waals surface area contributed by atoms with Crippen molar-refractivity contribution >= 4 is 5.97 Å². The van der Waals surface area contributed by atoms with Gasteiger partial charge in [0.15, 0.2) is 0 Å². The van der Waals surface area contributed by atoms with Crippen molar-refractivity contribution in [2.45, 2.75) is 32.7 Å². The van der Waals surface area contributed by atoms with Crippen LogP contribution in [0.1, 0.15) is 31.7 Å². The Labute approximate surface area is 184 Å². The number of para-hydroxylation sites is 1. The number of hydrogen-bond donors (Lipinski definition) is 1. The summed E-state index contributed by atoms with van der Waals surface area (Å²) in [6.45, 7) is 5.57. The standard InChI is InChI=1S/C25H33NO5/c1-2-29-24(28)25(14-18-30-22-6-4-3-5-7-22)12-15-26(16-13-25)20-21-8-10-23(11-9-21)31-19-17-27/h3-11,27H,2,12-20H2,1H3. The third-order valence-electron chi connectivity index (χ3n) is 5.80. The molecule has 1 aliphatic rings. The number of piperidine rings is 1. The average molecular weight is 428 g/mol. The first-order chi connectivity index (χ1) is 15.1. The molecule has 0 unspecified atom stereocenters. The maximum absolute atomic E-state index is 12.8. The summed E-state index contributed by atoms with van der Waals surface area (Å²) in [5.41, 5.74) is 0.718. The summed E-state index contributed by atoms with van der Waals surface area (Å²) in [5.74, 6) is 1.48. The van der Waals surface area contributed by atoms with Crippen LogP contribution in [0.15, 0.2) is 54.6 Å². The lowest BCUT2D eigenvalue weighted by Gasteiger charge is -2.40. The number of aliphatic hydroxyl groups is 1. The van der Waals surface area contributed by atoms with Crippen molar-refractivity contribution in [3.8, 4) is 11.5 Å². The van der Waals surface area contributed by atoms with Crippen LogP contribution in [0.3, 0.4) is 0 Å². The quantitative estimate of drug-likeness (QED) is 0.552. The van der Waals surface area contributed by atoms with E-state index in [1.807, 2.05) is 61.5 Å². The minimum absolute atomic E-state index is 0.00807. The Balaban J connectivity index is 1.54. The molecular weight excluding hydrogens is 394 g/mol. The average Bonchev–Trinajstić information content (AvgIpc) is 2.81. The lowest BCUT2D eigenvalue weighted by molar-refractivity contribution is -0.159. The second kappa shape index (κ2) is 11.7. The van der Waals surface area contributed by atoms with Gasteiger partial charge >= 0.3 is 5.97 Å². The van der Waals surface area contributed by atoms with E-state index in [1.54, 1.807) is 0 Å². The molecule has 0 bridgehead atoms. The fraction of sp³-hybridized carbons (Fsp3) is 0.480. The molecule has 1 heterocycles. The first-order valence-electron chi connectivity index (χ1n) is 11.1. The zero-order chi connectivity index (χ0) is 21.9. The molecule has 2 aromatic rings. The Morgan fingerprint density at radius 1 is 0.968 bits per heavy atom. The molecular formula is C25H33NO5. The fourth-order valence-electron chi connectivity index (χ4n) is 3.97. The van der Waals surface area contributed by atoms with E-state index < -0.39 is 5.41 Å². The topological polar surface area (TPSA) is 68.2 Å². The maximum atomic E-state index is 12.8. The van der Waals surface area contributed by atoms with Gasteiger partial charge in [0.25, 0.3) is 0 Å². The van der Waals surface area contributed by atoms with Crippen LogP contribution in [-0.2, 0) is 16.1 Å². The molecule has 0 radical (unpaired) electrons. The summed E-state index contributed by atoms with van der Waals surface area (Å²) in [6.07, 6.45) is 2.19. The number of ether oxygens (including phenoxy) is 3. The monoisotopic (exact) mass is 427 g/mol. The number of hydrogen-bond acceptors (Lipinski definition) is 6. The summed E-state index contributed by atoms with van der Waals surface area (Å²) < 4.78 is 16.7. The molecule has 6 nitrogen and oxygen atoms in total. The van der Waals surface area contributed by atoms with Gasteiger partial charge in [-0.1, -0.05) is 30.3 Å². The summed E-state index contributed by atoms with van der Waals surface area (Å²) >= 11 is 0. The smallest absolute Gasteiger partial charge is 0.312 e. The van der Waals surface area contributed by atoms with Crippen molar-refractivity contribution in [1.82, 2.24) is 4.90 Å². The van der Waals surface area contributed by atoms with Crippen LogP contribution in [0.5, 0.6) is 11.5 Å². The molecule has 1 aliphatic heterocycles. The summed E-state index contributed by atoms with van der Waals surface area (Å²) in [5, 5.41) is 8.85. The number of likely N-dealkylation sites (tertiary alicyclic amines) is 1. The molecule has 1 fully saturated rings. The van der Waals surface area contributed by atoms with E-state index in [-0.39, 0.29) is 12.6 Å². The minimum atomic E-state index is -0.483. The predicted molar refractivity (Wildman–Crippen MR) is 119 cm³/mol. The molecule has 2 aromatic carbocycles. The van der Waals surface area contributed by atoms with Crippen molar-refractivity contribution < 1.29 is 24.1 Å². The number of rotatable bonds is 11. The van der Waals surface area contributed by atoms with E-state index in [2.05, 4.69) is 4.90 Å². The Hall–Kier alpha value is -2.57. The van der Waals surface area contributed by atoms with Gasteiger partial charge in [-0.2, -0.15) is 0 Å². The molecule has 3 rings (SSSR count). The van der Waals surface area contributed by atoms with Crippen LogP contribution >= 0.6 is 0 Å². The van der Waals surface area contributed by atoms with Gasteiger partial charge in [-0.25, -0.2) is 0 Å². The van der Waals surface area contributed by atoms with Gasteiger partial charge in [0.2, 0.25) is 0 Å². The molecule has 0 atom stereocenters. The van der Waals surface area contributed by atoms with E-state index in [0.29, 0.717) is 26.2 Å². The van der Waals surface area contributed by atoms with Crippen molar-refractivity contribution in [3.05, 3.63) is 60.2 Å². The van der Waals surface area contributed by atoms with E-state index in [9.17, 15) is 4.79 Å². The van der Waals surface area contributed by atoms with Crippen molar-refractivity contribution in [1.29, 1.82) is 0 Å². The lowest BCUT2D eigenvalue weighted by Crippen LogP contribution is -2.45. The largest absolute Gasteiger partial charge is 0.494 e. The molecule has 1 saturated heterocycles. The van der Waals surface area contributed by atoms with Crippen LogP contribution in [0.2, 0.25) is 0 Å². The Kier molecular flexibility index (Phi) is 8.74. The molecule has 0 spiro atoms. The molecule has 168 valence electrons. The summed E-state index contributed by atoms with van der Waals surface area (Å²) in [6, 6.07) is 17.7. The van der Waals surface area contributed by atoms with E-state index >= 15 is 0 Å². The molecule has 0 aromatic heterocycles. The van der Waals surface area contributed by atoms with Gasteiger partial charge in [-0.15, -0.1) is 0 Å². The van der Waals surface area contributed by atoms with Crippen molar-refractivity contribution in [2.24, 2.45) is 5.41 Å². The molecule has 0 saturated carbocycles. The third-order valence-corrected chi connectivity index (χ3v) is 5.80. The Morgan fingerprint density at radius 2 is 1.61 bits per heavy atom. The van der Waals surface area contributed by atoms with Crippen LogP contribution in [-0.4, -0.2) is 55.5 Å². The van der Waals surface area contributed by atoms with E-state index in [4.69, 9.17) is 19.3 Å². The Bertz CT molecular complexity index is 785. The van der Waals surface area contributed by atoms with Crippen LogP contribution in [0.4, 0.5) is 0 Å². The van der Waals surface area contributed by atoms with Gasteiger partial charge in [-0.3, -0.25) is 9.69 Å². The second-order valence-corrected chi connectivity index (χ2v) is 7.90. The fourth-order valence-corrected chi connectivity index (χ4v) is 3.97. The minimum Gasteiger partial charge on any atom is -0.494 e. The predicted octanol–water partition coefficient (Wildman–Crippen LogP) is 3.67. The van der Waals surface area contributed by atoms with Crippen LogP contribution in [0.25, 0.3) is 0 Å². The van der Waals surface area contributed by atoms with E-state index in [1.165, 1.54) is 5.56 Å². The van der Waals surface area contributed by atoms with Crippen molar-refractivity contribution in [2.75, 3.05) is 39.5 Å². The van der Waals surface area contributed by atoms with E-state index in [0.717, 1.165) is 44.0 Å². The van der Waals surface area contributed by atoms with Gasteiger partial charge in [-0.05, 0) is 69.1 Å². The highest BCUT2D eigenvalue weighted by molar-refractivity contribution is 5.77. The zero-order valence-corrected chi connectivity index (χ0v) is 18.3. The van der Waals surface area contributed by atoms with Crippen LogP contribution in [0, 0.1) is 5.41 Å². The second-order valence-electron chi connectivity index (χ2n) is 7.90. The third kappa shape index (κ3) is 6.71. The van der Waals surface area contributed by atoms with Gasteiger partial charge in [0.1, 0.15) is 18.1 Å². The number of nitrogens with zero attached hydrogens (tertiary/aromatic N) is 1. The highest BCUT2D eigenvalue weighted by Gasteiger charge is 2.42. The Morgan fingerprint density at radius 3 is 2.26 bits per heavy atom. The molecule has 31 heavy (non-hydrogen) atoms.